The first kappa shape index (κ1) is 24.3. The van der Waals surface area contributed by atoms with Gasteiger partial charge in [0.1, 0.15) is 34.6 Å². The largest absolute Gasteiger partial charge is 0.448 e. The number of anilines is 2. The molecule has 0 fully saturated rings. The molecule has 12 heteroatoms. The number of benzene rings is 1. The fourth-order valence-corrected chi connectivity index (χ4v) is 4.52. The molecule has 4 N–H and O–H groups in total. The molecule has 0 spiro atoms. The number of fused-ring (bicyclic) bond motifs is 1. The molecule has 37 heavy (non-hydrogen) atoms. The van der Waals surface area contributed by atoms with Gasteiger partial charge in [0.2, 0.25) is 0 Å². The number of methoxy groups -OCH3 is 1. The molecule has 1 aromatic carbocycles. The smallest absolute Gasteiger partial charge is 0.365 e. The molecule has 1 unspecified atom stereocenters. The number of rotatable bonds is 7. The number of aryl methyl sites for hydroxylation is 1. The van der Waals surface area contributed by atoms with E-state index in [2.05, 4.69) is 35.2 Å². The third-order valence-corrected chi connectivity index (χ3v) is 6.90. The van der Waals surface area contributed by atoms with E-state index in [1.807, 2.05) is 6.07 Å². The van der Waals surface area contributed by atoms with E-state index < -0.39 is 15.9 Å². The van der Waals surface area contributed by atoms with Gasteiger partial charge in [-0.3, -0.25) is 0 Å². The lowest BCUT2D eigenvalue weighted by molar-refractivity contribution is -0.392. The van der Waals surface area contributed by atoms with E-state index in [1.165, 1.54) is 12.1 Å². The van der Waals surface area contributed by atoms with Crippen molar-refractivity contribution in [3.8, 4) is 17.1 Å². The van der Waals surface area contributed by atoms with Gasteiger partial charge in [0, 0.05) is 23.6 Å². The van der Waals surface area contributed by atoms with Gasteiger partial charge in [-0.2, -0.15) is 4.98 Å². The predicted molar refractivity (Wildman–Crippen MR) is 136 cm³/mol. The molecule has 11 nitrogen and oxygen atoms in total. The molecule has 188 valence electrons. The van der Waals surface area contributed by atoms with E-state index in [-0.39, 0.29) is 4.90 Å². The fraction of sp³-hybridized carbons (Fsp3) is 0.160. The Labute approximate surface area is 212 Å². The second-order valence-electron chi connectivity index (χ2n) is 8.40. The van der Waals surface area contributed by atoms with Crippen LogP contribution in [0.1, 0.15) is 23.1 Å². The van der Waals surface area contributed by atoms with Crippen LogP contribution >= 0.6 is 0 Å². The summed E-state index contributed by atoms with van der Waals surface area (Å²) in [7, 11) is -1.77. The van der Waals surface area contributed by atoms with Crippen molar-refractivity contribution in [3.63, 3.8) is 0 Å². The summed E-state index contributed by atoms with van der Waals surface area (Å²) < 4.78 is 28.8. The number of aliphatic hydroxyl groups excluding tert-OH is 1. The van der Waals surface area contributed by atoms with Crippen LogP contribution in [0, 0.1) is 6.92 Å². The van der Waals surface area contributed by atoms with E-state index in [9.17, 15) is 13.5 Å². The number of sulfone groups is 1. The minimum atomic E-state index is -3.35. The zero-order valence-corrected chi connectivity index (χ0v) is 21.0. The number of hydrogen-bond acceptors (Lipinski definition) is 9. The van der Waals surface area contributed by atoms with Gasteiger partial charge < -0.3 is 20.1 Å². The molecule has 4 heterocycles. The highest BCUT2D eigenvalue weighted by atomic mass is 32.2. The van der Waals surface area contributed by atoms with E-state index in [0.29, 0.717) is 51.1 Å². The molecule has 0 radical (unpaired) electrons. The number of aliphatic hydroxyl groups is 1. The van der Waals surface area contributed by atoms with Crippen molar-refractivity contribution in [2.24, 2.45) is 0 Å². The highest BCUT2D eigenvalue weighted by Crippen LogP contribution is 2.34. The predicted octanol–water partition coefficient (Wildman–Crippen LogP) is 2.77. The number of imidazole rings is 1. The molecule has 0 aliphatic heterocycles. The second kappa shape index (κ2) is 9.56. The summed E-state index contributed by atoms with van der Waals surface area (Å²) in [6.45, 7) is 1.78. The minimum Gasteiger partial charge on any atom is -0.448 e. The average Bonchev–Trinajstić information content (AvgIpc) is 3.36. The number of pyridine rings is 2. The van der Waals surface area contributed by atoms with Gasteiger partial charge in [-0.1, -0.05) is 12.1 Å². The number of nitrogens with zero attached hydrogens (tertiary/aromatic N) is 4. The Balaban J connectivity index is 1.60. The van der Waals surface area contributed by atoms with Gasteiger partial charge >= 0.3 is 5.88 Å². The highest BCUT2D eigenvalue weighted by molar-refractivity contribution is 7.90. The van der Waals surface area contributed by atoms with Crippen LogP contribution in [0.15, 0.2) is 66.1 Å². The third kappa shape index (κ3) is 4.97. The van der Waals surface area contributed by atoms with Crippen molar-refractivity contribution in [2.45, 2.75) is 17.9 Å². The molecule has 0 amide bonds. The van der Waals surface area contributed by atoms with Crippen molar-refractivity contribution < 1.29 is 23.2 Å². The molecule has 4 aromatic heterocycles. The normalized spacial score (nSPS) is 12.4. The lowest BCUT2D eigenvalue weighted by Crippen LogP contribution is -2.09. The van der Waals surface area contributed by atoms with Gasteiger partial charge in [0.25, 0.3) is 0 Å². The molecule has 5 rings (SSSR count). The Kier molecular flexibility index (Phi) is 6.27. The molecule has 0 bridgehead atoms. The molecule has 0 saturated carbocycles. The summed E-state index contributed by atoms with van der Waals surface area (Å²) in [5, 5.41) is 14.4. The molecular formula is C25H24N7O4S+. The van der Waals surface area contributed by atoms with Crippen LogP contribution in [0.4, 0.5) is 11.5 Å². The Morgan fingerprint density at radius 3 is 2.54 bits per heavy atom. The summed E-state index contributed by atoms with van der Waals surface area (Å²) in [4.78, 5) is 24.2. The van der Waals surface area contributed by atoms with Crippen LogP contribution in [0.3, 0.4) is 0 Å². The Hall–Kier alpha value is -4.42. The molecule has 5 aromatic rings. The van der Waals surface area contributed by atoms with Crippen LogP contribution in [-0.4, -0.2) is 51.8 Å². The third-order valence-electron chi connectivity index (χ3n) is 5.77. The topological polar surface area (TPSA) is 157 Å². The number of aromatic amines is 2. The van der Waals surface area contributed by atoms with E-state index >= 15 is 0 Å². The summed E-state index contributed by atoms with van der Waals surface area (Å²) in [5.74, 6) is 1.63. The quantitative estimate of drug-likeness (QED) is 0.295. The van der Waals surface area contributed by atoms with Gasteiger partial charge in [-0.05, 0) is 36.8 Å². The van der Waals surface area contributed by atoms with Crippen molar-refractivity contribution >= 4 is 32.5 Å². The molecular weight excluding hydrogens is 494 g/mol. The van der Waals surface area contributed by atoms with Crippen molar-refractivity contribution in [2.75, 3.05) is 18.7 Å². The molecule has 0 saturated heterocycles. The zero-order valence-electron chi connectivity index (χ0n) is 20.2. The molecule has 1 atom stereocenters. The van der Waals surface area contributed by atoms with E-state index in [1.54, 1.807) is 57.0 Å². The first-order valence-electron chi connectivity index (χ1n) is 11.2. The number of H-pyrrole nitrogens is 2. The summed E-state index contributed by atoms with van der Waals surface area (Å²) in [5.41, 5.74) is 4.06. The van der Waals surface area contributed by atoms with Gasteiger partial charge in [-0.25, -0.2) is 28.4 Å². The van der Waals surface area contributed by atoms with Gasteiger partial charge in [0.15, 0.2) is 21.7 Å². The van der Waals surface area contributed by atoms with E-state index in [4.69, 9.17) is 4.74 Å². The van der Waals surface area contributed by atoms with Gasteiger partial charge in [-0.15, -0.1) is 0 Å². The highest BCUT2D eigenvalue weighted by Gasteiger charge is 2.20. The average molecular weight is 519 g/mol. The summed E-state index contributed by atoms with van der Waals surface area (Å²) in [6, 6.07) is 11.5. The van der Waals surface area contributed by atoms with Crippen LogP contribution in [0.25, 0.3) is 22.4 Å². The first-order valence-corrected chi connectivity index (χ1v) is 13.1. The summed E-state index contributed by atoms with van der Waals surface area (Å²) >= 11 is 0. The summed E-state index contributed by atoms with van der Waals surface area (Å²) in [6.07, 6.45) is 4.94. The van der Waals surface area contributed by atoms with Crippen LogP contribution < -0.4 is 15.0 Å². The number of aromatic nitrogens is 6. The molecule has 0 aliphatic carbocycles. The number of hydrogen-bond donors (Lipinski definition) is 3. The Bertz CT molecular complexity index is 1690. The van der Waals surface area contributed by atoms with Crippen LogP contribution in [0.5, 0.6) is 5.88 Å². The zero-order chi connectivity index (χ0) is 26.2. The SMILES string of the molecule is COc1ccc(Nc2ncc(C(O)c3ccc(S(C)(=O)=O)cc3)cc2-c2nc(C)nc3nc[nH]c23)c[nH+]1. The minimum absolute atomic E-state index is 0.177. The lowest BCUT2D eigenvalue weighted by atomic mass is 10.0. The number of nitrogens with one attached hydrogen (secondary N) is 3. The Morgan fingerprint density at radius 2 is 1.86 bits per heavy atom. The van der Waals surface area contributed by atoms with Gasteiger partial charge in [0.05, 0.1) is 24.4 Å². The van der Waals surface area contributed by atoms with Crippen molar-refractivity contribution in [1.82, 2.24) is 24.9 Å². The van der Waals surface area contributed by atoms with E-state index in [0.717, 1.165) is 11.9 Å². The fourth-order valence-electron chi connectivity index (χ4n) is 3.89. The van der Waals surface area contributed by atoms with Crippen molar-refractivity contribution in [3.05, 3.63) is 78.1 Å². The monoisotopic (exact) mass is 518 g/mol. The standard InChI is InChI=1S/C25H23N7O4S/c1-14-30-21(22-25(31-14)29-13-28-22)19-10-16(23(33)15-4-7-18(8-5-15)37(3,34)35)11-27-24(19)32-17-6-9-20(36-2)26-12-17/h4-13,23,33H,1-3H3,(H,27,32)(H,28,29,30,31)/p+1. The lowest BCUT2D eigenvalue weighted by Gasteiger charge is -2.16. The first-order chi connectivity index (χ1) is 17.7. The van der Waals surface area contributed by atoms with Crippen molar-refractivity contribution in [1.29, 1.82) is 0 Å². The second-order valence-corrected chi connectivity index (χ2v) is 10.4. The van der Waals surface area contributed by atoms with Crippen LogP contribution in [0.2, 0.25) is 0 Å². The van der Waals surface area contributed by atoms with Crippen LogP contribution in [-0.2, 0) is 9.84 Å². The molecule has 0 aliphatic rings. The maximum Gasteiger partial charge on any atom is 0.365 e. The Morgan fingerprint density at radius 1 is 1.08 bits per heavy atom. The maximum atomic E-state index is 11.8. The number of ether oxygens (including phenoxy) is 1. The maximum absolute atomic E-state index is 11.8.